The number of ether oxygens (including phenoxy) is 1. The predicted octanol–water partition coefficient (Wildman–Crippen LogP) is 3.35. The smallest absolute Gasteiger partial charge is 0.255 e. The molecule has 0 saturated heterocycles. The van der Waals surface area contributed by atoms with Crippen molar-refractivity contribution in [2.24, 2.45) is 0 Å². The molecule has 1 aromatic heterocycles. The maximum atomic E-state index is 12.5. The molecule has 1 aromatic carbocycles. The highest BCUT2D eigenvalue weighted by atomic mass is 32.1. The van der Waals surface area contributed by atoms with Crippen molar-refractivity contribution in [2.75, 3.05) is 18.5 Å². The molecular weight excluding hydrogens is 284 g/mol. The van der Waals surface area contributed by atoms with Crippen molar-refractivity contribution >= 4 is 22.9 Å². The number of carbonyl (C=O) groups excluding carboxylic acids is 1. The molecule has 110 valence electrons. The molecule has 1 amide bonds. The van der Waals surface area contributed by atoms with Crippen LogP contribution in [0.25, 0.3) is 0 Å². The Balaban J connectivity index is 1.79. The molecule has 0 saturated carbocycles. The van der Waals surface area contributed by atoms with Gasteiger partial charge in [0.15, 0.2) is 5.75 Å². The number of rotatable bonds is 3. The van der Waals surface area contributed by atoms with Gasteiger partial charge < -0.3 is 15.4 Å². The standard InChI is InChI=1S/C16H18N2O2S/c1-10-6-7-14(21-10)11(2)18-16(19)12-4-3-5-13-15(12)20-9-8-17-13/h3-7,11,17H,8-9H2,1-2H3,(H,18,19). The van der Waals surface area contributed by atoms with E-state index >= 15 is 0 Å². The maximum Gasteiger partial charge on any atom is 0.255 e. The van der Waals surface area contributed by atoms with E-state index in [1.165, 1.54) is 4.88 Å². The number of aryl methyl sites for hydroxylation is 1. The molecule has 0 radical (unpaired) electrons. The van der Waals surface area contributed by atoms with Gasteiger partial charge in [0, 0.05) is 16.3 Å². The molecule has 2 heterocycles. The summed E-state index contributed by atoms with van der Waals surface area (Å²) in [6, 6.07) is 9.72. The third kappa shape index (κ3) is 2.88. The number of amides is 1. The Morgan fingerprint density at radius 1 is 1.38 bits per heavy atom. The van der Waals surface area contributed by atoms with Gasteiger partial charge in [-0.15, -0.1) is 11.3 Å². The fourth-order valence-electron chi connectivity index (χ4n) is 2.38. The van der Waals surface area contributed by atoms with Gasteiger partial charge in [-0.05, 0) is 38.1 Å². The van der Waals surface area contributed by atoms with Gasteiger partial charge in [0.1, 0.15) is 6.61 Å². The van der Waals surface area contributed by atoms with Gasteiger partial charge in [0.05, 0.1) is 17.3 Å². The summed E-state index contributed by atoms with van der Waals surface area (Å²) in [5.41, 5.74) is 1.47. The van der Waals surface area contributed by atoms with E-state index in [4.69, 9.17) is 4.74 Å². The zero-order chi connectivity index (χ0) is 14.8. The molecule has 2 N–H and O–H groups in total. The second-order valence-electron chi connectivity index (χ2n) is 5.10. The Labute approximate surface area is 128 Å². The quantitative estimate of drug-likeness (QED) is 0.914. The Morgan fingerprint density at radius 3 is 3.00 bits per heavy atom. The van der Waals surface area contributed by atoms with Crippen molar-refractivity contribution in [3.05, 3.63) is 45.6 Å². The zero-order valence-electron chi connectivity index (χ0n) is 12.1. The average molecular weight is 302 g/mol. The Hall–Kier alpha value is -2.01. The van der Waals surface area contributed by atoms with Crippen molar-refractivity contribution < 1.29 is 9.53 Å². The van der Waals surface area contributed by atoms with Crippen LogP contribution in [0, 0.1) is 6.92 Å². The van der Waals surface area contributed by atoms with Gasteiger partial charge in [-0.25, -0.2) is 0 Å². The Kier molecular flexibility index (Phi) is 3.84. The molecule has 0 bridgehead atoms. The molecule has 1 aliphatic heterocycles. The van der Waals surface area contributed by atoms with Crippen LogP contribution in [-0.4, -0.2) is 19.1 Å². The molecule has 2 aromatic rings. The molecule has 1 unspecified atom stereocenters. The van der Waals surface area contributed by atoms with E-state index in [1.807, 2.05) is 19.1 Å². The number of carbonyl (C=O) groups is 1. The third-order valence-corrected chi connectivity index (χ3v) is 4.64. The fraction of sp³-hybridized carbons (Fsp3) is 0.312. The summed E-state index contributed by atoms with van der Waals surface area (Å²) in [5.74, 6) is 0.546. The molecule has 4 nitrogen and oxygen atoms in total. The van der Waals surface area contributed by atoms with Crippen molar-refractivity contribution in [3.8, 4) is 5.75 Å². The minimum atomic E-state index is -0.103. The number of thiophene rings is 1. The van der Waals surface area contributed by atoms with Gasteiger partial charge in [0.2, 0.25) is 0 Å². The van der Waals surface area contributed by atoms with Crippen molar-refractivity contribution in [1.29, 1.82) is 0 Å². The van der Waals surface area contributed by atoms with E-state index in [2.05, 4.69) is 29.7 Å². The normalized spacial score (nSPS) is 14.6. The monoisotopic (exact) mass is 302 g/mol. The van der Waals surface area contributed by atoms with Crippen LogP contribution >= 0.6 is 11.3 Å². The molecule has 3 rings (SSSR count). The van der Waals surface area contributed by atoms with Gasteiger partial charge in [0.25, 0.3) is 5.91 Å². The summed E-state index contributed by atoms with van der Waals surface area (Å²) >= 11 is 1.70. The van der Waals surface area contributed by atoms with Crippen molar-refractivity contribution in [1.82, 2.24) is 5.32 Å². The van der Waals surface area contributed by atoms with E-state index in [9.17, 15) is 4.79 Å². The van der Waals surface area contributed by atoms with Crippen LogP contribution in [-0.2, 0) is 0 Å². The fourth-order valence-corrected chi connectivity index (χ4v) is 3.26. The van der Waals surface area contributed by atoms with E-state index < -0.39 is 0 Å². The SMILES string of the molecule is Cc1ccc(C(C)NC(=O)c2cccc3c2OCCN3)s1. The molecule has 5 heteroatoms. The van der Waals surface area contributed by atoms with Crippen molar-refractivity contribution in [2.45, 2.75) is 19.9 Å². The van der Waals surface area contributed by atoms with Gasteiger partial charge in [-0.3, -0.25) is 4.79 Å². The molecule has 1 aliphatic rings. The highest BCUT2D eigenvalue weighted by Crippen LogP contribution is 2.31. The lowest BCUT2D eigenvalue weighted by molar-refractivity contribution is 0.0936. The summed E-state index contributed by atoms with van der Waals surface area (Å²) in [6.45, 7) is 5.41. The predicted molar refractivity (Wildman–Crippen MR) is 85.4 cm³/mol. The van der Waals surface area contributed by atoms with E-state index in [-0.39, 0.29) is 11.9 Å². The lowest BCUT2D eigenvalue weighted by Crippen LogP contribution is -2.28. The van der Waals surface area contributed by atoms with Crippen LogP contribution < -0.4 is 15.4 Å². The lowest BCUT2D eigenvalue weighted by atomic mass is 10.1. The van der Waals surface area contributed by atoms with Crippen LogP contribution in [0.5, 0.6) is 5.75 Å². The summed E-state index contributed by atoms with van der Waals surface area (Å²) < 4.78 is 5.65. The first kappa shape index (κ1) is 13.9. The maximum absolute atomic E-state index is 12.5. The van der Waals surface area contributed by atoms with E-state index in [0.717, 1.165) is 17.1 Å². The average Bonchev–Trinajstić information content (AvgIpc) is 2.93. The minimum absolute atomic E-state index is 0.0106. The molecule has 1 atom stereocenters. The summed E-state index contributed by atoms with van der Waals surface area (Å²) in [6.07, 6.45) is 0. The first-order chi connectivity index (χ1) is 10.1. The first-order valence-electron chi connectivity index (χ1n) is 7.02. The molecule has 0 fully saturated rings. The molecule has 21 heavy (non-hydrogen) atoms. The van der Waals surface area contributed by atoms with Crippen molar-refractivity contribution in [3.63, 3.8) is 0 Å². The second-order valence-corrected chi connectivity index (χ2v) is 6.42. The molecular formula is C16H18N2O2S. The Bertz CT molecular complexity index is 666. The minimum Gasteiger partial charge on any atom is -0.489 e. The molecule has 0 aliphatic carbocycles. The van der Waals surface area contributed by atoms with Crippen LogP contribution in [0.1, 0.15) is 33.1 Å². The number of nitrogens with one attached hydrogen (secondary N) is 2. The summed E-state index contributed by atoms with van der Waals surface area (Å²) in [4.78, 5) is 14.9. The van der Waals surface area contributed by atoms with Gasteiger partial charge in [-0.2, -0.15) is 0 Å². The van der Waals surface area contributed by atoms with E-state index in [0.29, 0.717) is 17.9 Å². The molecule has 0 spiro atoms. The number of anilines is 1. The number of para-hydroxylation sites is 1. The number of hydrogen-bond donors (Lipinski definition) is 2. The van der Waals surface area contributed by atoms with Crippen LogP contribution in [0.15, 0.2) is 30.3 Å². The van der Waals surface area contributed by atoms with Crippen LogP contribution in [0.3, 0.4) is 0 Å². The van der Waals surface area contributed by atoms with E-state index in [1.54, 1.807) is 17.4 Å². The lowest BCUT2D eigenvalue weighted by Gasteiger charge is -2.22. The van der Waals surface area contributed by atoms with Crippen LogP contribution in [0.2, 0.25) is 0 Å². The third-order valence-electron chi connectivity index (χ3n) is 3.46. The van der Waals surface area contributed by atoms with Crippen LogP contribution in [0.4, 0.5) is 5.69 Å². The second kappa shape index (κ2) is 5.77. The summed E-state index contributed by atoms with van der Waals surface area (Å²) in [7, 11) is 0. The van der Waals surface area contributed by atoms with Gasteiger partial charge >= 0.3 is 0 Å². The Morgan fingerprint density at radius 2 is 2.24 bits per heavy atom. The van der Waals surface area contributed by atoms with Gasteiger partial charge in [-0.1, -0.05) is 6.07 Å². The summed E-state index contributed by atoms with van der Waals surface area (Å²) in [5, 5.41) is 6.28. The highest BCUT2D eigenvalue weighted by Gasteiger charge is 2.20. The zero-order valence-corrected chi connectivity index (χ0v) is 12.9. The number of benzene rings is 1. The highest BCUT2D eigenvalue weighted by molar-refractivity contribution is 7.12. The largest absolute Gasteiger partial charge is 0.489 e. The number of fused-ring (bicyclic) bond motifs is 1. The first-order valence-corrected chi connectivity index (χ1v) is 7.83. The topological polar surface area (TPSA) is 50.4 Å². The number of hydrogen-bond acceptors (Lipinski definition) is 4.